The van der Waals surface area contributed by atoms with Gasteiger partial charge in [0.1, 0.15) is 0 Å². The molecule has 1 aromatic heterocycles. The van der Waals surface area contributed by atoms with Gasteiger partial charge >= 0.3 is 0 Å². The van der Waals surface area contributed by atoms with Crippen molar-refractivity contribution in [1.29, 1.82) is 0 Å². The lowest BCUT2D eigenvalue weighted by atomic mass is 10.2. The first-order valence-corrected chi connectivity index (χ1v) is 7.88. The molecule has 3 rings (SSSR count). The first-order valence-electron chi connectivity index (χ1n) is 7.88. The lowest BCUT2D eigenvalue weighted by Gasteiger charge is -2.15. The number of carbonyl (C=O) groups is 2. The third kappa shape index (κ3) is 3.77. The van der Waals surface area contributed by atoms with Crippen LogP contribution >= 0.6 is 0 Å². The summed E-state index contributed by atoms with van der Waals surface area (Å²) in [4.78, 5) is 29.5. The van der Waals surface area contributed by atoms with Gasteiger partial charge < -0.3 is 14.8 Å². The fourth-order valence-electron chi connectivity index (χ4n) is 2.70. The summed E-state index contributed by atoms with van der Waals surface area (Å²) in [5, 5.41) is 2.91. The summed E-state index contributed by atoms with van der Waals surface area (Å²) < 4.78 is 1.98. The molecule has 2 aromatic rings. The molecule has 2 amide bonds. The highest BCUT2D eigenvalue weighted by Gasteiger charge is 2.21. The molecule has 2 heterocycles. The quantitative estimate of drug-likeness (QED) is 0.828. The van der Waals surface area contributed by atoms with Crippen molar-refractivity contribution in [3.05, 3.63) is 48.5 Å². The molecule has 0 saturated carbocycles. The van der Waals surface area contributed by atoms with Crippen molar-refractivity contribution in [2.24, 2.45) is 0 Å². The van der Waals surface area contributed by atoms with E-state index >= 15 is 0 Å². The van der Waals surface area contributed by atoms with E-state index in [0.717, 1.165) is 31.6 Å². The molecule has 1 saturated heterocycles. The van der Waals surface area contributed by atoms with Crippen LogP contribution < -0.4 is 10.2 Å². The fourth-order valence-corrected chi connectivity index (χ4v) is 2.70. The minimum absolute atomic E-state index is 0.0880. The molecule has 0 aliphatic carbocycles. The number of amides is 2. The molecule has 1 aliphatic rings. The molecule has 6 nitrogen and oxygen atoms in total. The highest BCUT2D eigenvalue weighted by molar-refractivity contribution is 5.97. The normalized spacial score (nSPS) is 14.3. The van der Waals surface area contributed by atoms with Crippen LogP contribution in [0.3, 0.4) is 0 Å². The van der Waals surface area contributed by atoms with Gasteiger partial charge in [-0.05, 0) is 37.1 Å². The van der Waals surface area contributed by atoms with Crippen LogP contribution in [0.1, 0.15) is 29.6 Å². The number of aryl methyl sites for hydroxylation is 1. The first kappa shape index (κ1) is 15.3. The minimum Gasteiger partial charge on any atom is -0.352 e. The van der Waals surface area contributed by atoms with E-state index < -0.39 is 0 Å². The van der Waals surface area contributed by atoms with Crippen LogP contribution in [0.2, 0.25) is 0 Å². The molecule has 1 N–H and O–H groups in total. The Balaban J connectivity index is 1.48. The van der Waals surface area contributed by atoms with Gasteiger partial charge in [0.15, 0.2) is 0 Å². The number of carbonyl (C=O) groups excluding carboxylic acids is 2. The van der Waals surface area contributed by atoms with Crippen LogP contribution in [-0.4, -0.2) is 34.5 Å². The molecule has 1 fully saturated rings. The highest BCUT2D eigenvalue weighted by atomic mass is 16.2. The Bertz CT molecular complexity index is 664. The minimum atomic E-state index is -0.0880. The van der Waals surface area contributed by atoms with E-state index in [1.807, 2.05) is 22.9 Å². The number of hydrogen-bond acceptors (Lipinski definition) is 3. The SMILES string of the molecule is O=C(NCCCn1ccnc1)c1ccc(N2CCCC2=O)cc1. The van der Waals surface area contributed by atoms with E-state index in [0.29, 0.717) is 18.5 Å². The van der Waals surface area contributed by atoms with E-state index in [-0.39, 0.29) is 11.8 Å². The van der Waals surface area contributed by atoms with Crippen molar-refractivity contribution in [3.63, 3.8) is 0 Å². The van der Waals surface area contributed by atoms with Gasteiger partial charge in [-0.15, -0.1) is 0 Å². The average molecular weight is 312 g/mol. The number of rotatable bonds is 6. The van der Waals surface area contributed by atoms with Gasteiger partial charge in [-0.25, -0.2) is 4.98 Å². The number of nitrogens with one attached hydrogen (secondary N) is 1. The lowest BCUT2D eigenvalue weighted by molar-refractivity contribution is -0.117. The van der Waals surface area contributed by atoms with Gasteiger partial charge in [-0.1, -0.05) is 0 Å². The van der Waals surface area contributed by atoms with Crippen molar-refractivity contribution in [1.82, 2.24) is 14.9 Å². The van der Waals surface area contributed by atoms with Crippen LogP contribution in [-0.2, 0) is 11.3 Å². The van der Waals surface area contributed by atoms with Crippen LogP contribution in [0.15, 0.2) is 43.0 Å². The Morgan fingerprint density at radius 3 is 2.74 bits per heavy atom. The Morgan fingerprint density at radius 1 is 1.26 bits per heavy atom. The summed E-state index contributed by atoms with van der Waals surface area (Å²) in [6.07, 6.45) is 7.77. The zero-order valence-corrected chi connectivity index (χ0v) is 12.9. The van der Waals surface area contributed by atoms with Crippen molar-refractivity contribution in [2.75, 3.05) is 18.0 Å². The second-order valence-corrected chi connectivity index (χ2v) is 5.61. The summed E-state index contributed by atoms with van der Waals surface area (Å²) in [5.41, 5.74) is 1.48. The van der Waals surface area contributed by atoms with Gasteiger partial charge in [-0.2, -0.15) is 0 Å². The van der Waals surface area contributed by atoms with Crippen LogP contribution in [0, 0.1) is 0 Å². The Labute approximate surface area is 135 Å². The molecular formula is C17H20N4O2. The third-order valence-electron chi connectivity index (χ3n) is 3.95. The second kappa shape index (κ2) is 7.09. The van der Waals surface area contributed by atoms with Gasteiger partial charge in [0, 0.05) is 49.7 Å². The summed E-state index contributed by atoms with van der Waals surface area (Å²) in [7, 11) is 0. The van der Waals surface area contributed by atoms with Crippen LogP contribution in [0.5, 0.6) is 0 Å². The van der Waals surface area contributed by atoms with Gasteiger partial charge in [0.05, 0.1) is 6.33 Å². The monoisotopic (exact) mass is 312 g/mol. The number of imidazole rings is 1. The molecule has 23 heavy (non-hydrogen) atoms. The van der Waals surface area contributed by atoms with Crippen LogP contribution in [0.4, 0.5) is 5.69 Å². The Kier molecular flexibility index (Phi) is 4.71. The van der Waals surface area contributed by atoms with Crippen molar-refractivity contribution >= 4 is 17.5 Å². The smallest absolute Gasteiger partial charge is 0.251 e. The standard InChI is InChI=1S/C17H20N4O2/c22-16-3-1-11-21(16)15-6-4-14(5-7-15)17(23)19-8-2-10-20-12-9-18-13-20/h4-7,9,12-13H,1-3,8,10-11H2,(H,19,23). The lowest BCUT2D eigenvalue weighted by Crippen LogP contribution is -2.26. The molecule has 0 atom stereocenters. The molecule has 0 unspecified atom stereocenters. The second-order valence-electron chi connectivity index (χ2n) is 5.61. The summed E-state index contributed by atoms with van der Waals surface area (Å²) in [6, 6.07) is 7.21. The van der Waals surface area contributed by atoms with E-state index in [2.05, 4.69) is 10.3 Å². The predicted octanol–water partition coefficient (Wildman–Crippen LogP) is 1.83. The largest absolute Gasteiger partial charge is 0.352 e. The number of nitrogens with zero attached hydrogens (tertiary/aromatic N) is 3. The maximum absolute atomic E-state index is 12.1. The Hall–Kier alpha value is -2.63. The number of hydrogen-bond donors (Lipinski definition) is 1. The van der Waals surface area contributed by atoms with Crippen molar-refractivity contribution in [2.45, 2.75) is 25.8 Å². The molecular weight excluding hydrogens is 292 g/mol. The molecule has 0 spiro atoms. The van der Waals surface area contributed by atoms with Gasteiger partial charge in [0.2, 0.25) is 5.91 Å². The van der Waals surface area contributed by atoms with Crippen molar-refractivity contribution in [3.8, 4) is 0 Å². The van der Waals surface area contributed by atoms with Gasteiger partial charge in [0.25, 0.3) is 5.91 Å². The average Bonchev–Trinajstić information content (AvgIpc) is 3.23. The summed E-state index contributed by atoms with van der Waals surface area (Å²) >= 11 is 0. The summed E-state index contributed by atoms with van der Waals surface area (Å²) in [6.45, 7) is 2.21. The maximum Gasteiger partial charge on any atom is 0.251 e. The van der Waals surface area contributed by atoms with Crippen LogP contribution in [0.25, 0.3) is 0 Å². The molecule has 0 radical (unpaired) electrons. The van der Waals surface area contributed by atoms with Gasteiger partial charge in [-0.3, -0.25) is 9.59 Å². The summed E-state index contributed by atoms with van der Waals surface area (Å²) in [5.74, 6) is 0.0663. The van der Waals surface area contributed by atoms with Crippen molar-refractivity contribution < 1.29 is 9.59 Å². The van der Waals surface area contributed by atoms with E-state index in [1.165, 1.54) is 0 Å². The molecule has 0 bridgehead atoms. The topological polar surface area (TPSA) is 67.2 Å². The number of benzene rings is 1. The van der Waals surface area contributed by atoms with E-state index in [4.69, 9.17) is 0 Å². The fraction of sp³-hybridized carbons (Fsp3) is 0.353. The predicted molar refractivity (Wildman–Crippen MR) is 87.2 cm³/mol. The molecule has 120 valence electrons. The Morgan fingerprint density at radius 2 is 2.09 bits per heavy atom. The molecule has 6 heteroatoms. The first-order chi connectivity index (χ1) is 11.2. The highest BCUT2D eigenvalue weighted by Crippen LogP contribution is 2.21. The zero-order valence-electron chi connectivity index (χ0n) is 12.9. The molecule has 1 aliphatic heterocycles. The number of anilines is 1. The van der Waals surface area contributed by atoms with E-state index in [9.17, 15) is 9.59 Å². The molecule has 1 aromatic carbocycles. The maximum atomic E-state index is 12.1. The number of aromatic nitrogens is 2. The zero-order chi connectivity index (χ0) is 16.1. The van der Waals surface area contributed by atoms with E-state index in [1.54, 1.807) is 29.6 Å². The third-order valence-corrected chi connectivity index (χ3v) is 3.95.